The number of fused-ring (bicyclic) bond motifs is 1. The molecular formula is C22H18Cl4N2O6. The molecule has 3 rings (SSSR count). The van der Waals surface area contributed by atoms with Crippen molar-refractivity contribution in [2.45, 2.75) is 19.9 Å². The van der Waals surface area contributed by atoms with Gasteiger partial charge in [0.15, 0.2) is 6.61 Å². The van der Waals surface area contributed by atoms with E-state index in [0.29, 0.717) is 16.3 Å². The third-order valence-corrected chi connectivity index (χ3v) is 6.80. The number of carbonyl (C=O) groups is 4. The topological polar surface area (TPSA) is 102 Å². The highest BCUT2D eigenvalue weighted by molar-refractivity contribution is 6.55. The predicted octanol–water partition coefficient (Wildman–Crippen LogP) is 5.11. The van der Waals surface area contributed by atoms with Gasteiger partial charge in [0, 0.05) is 5.69 Å². The molecule has 1 N–H and O–H groups in total. The predicted molar refractivity (Wildman–Crippen MR) is 128 cm³/mol. The standard InChI is InChI=1S/C22H18Cl4N2O6/c1-9(2)19(22(32)34-8-12(29)27-10-4-6-11(33-3)7-5-10)28-20(30)13-14(21(28)31)16(24)18(26)17(25)15(13)23/h4-7,9,19H,8H2,1-3H3,(H,27,29)/t19-/m1/s1. The zero-order valence-corrected chi connectivity index (χ0v) is 21.1. The number of anilines is 1. The van der Waals surface area contributed by atoms with Gasteiger partial charge in [0.25, 0.3) is 17.7 Å². The summed E-state index contributed by atoms with van der Waals surface area (Å²) >= 11 is 24.4. The molecule has 8 nitrogen and oxygen atoms in total. The fraction of sp³-hybridized carbons (Fsp3) is 0.273. The van der Waals surface area contributed by atoms with E-state index >= 15 is 0 Å². The zero-order chi connectivity index (χ0) is 25.3. The summed E-state index contributed by atoms with van der Waals surface area (Å²) in [5.41, 5.74) is -0.0378. The molecule has 0 unspecified atom stereocenters. The molecule has 1 atom stereocenters. The minimum absolute atomic E-state index is 0.186. The summed E-state index contributed by atoms with van der Waals surface area (Å²) in [7, 11) is 1.51. The second-order valence-electron chi connectivity index (χ2n) is 7.56. The molecule has 3 amide bonds. The van der Waals surface area contributed by atoms with Gasteiger partial charge in [-0.15, -0.1) is 0 Å². The third kappa shape index (κ3) is 4.81. The fourth-order valence-electron chi connectivity index (χ4n) is 3.39. The lowest BCUT2D eigenvalue weighted by molar-refractivity contribution is -0.152. The Morgan fingerprint density at radius 3 is 1.85 bits per heavy atom. The van der Waals surface area contributed by atoms with Crippen LogP contribution in [0.1, 0.15) is 34.6 Å². The summed E-state index contributed by atoms with van der Waals surface area (Å²) in [5, 5.41) is 1.69. The Labute approximate surface area is 215 Å². The number of imide groups is 1. The summed E-state index contributed by atoms with van der Waals surface area (Å²) in [5.74, 6) is -3.28. The molecule has 0 aromatic heterocycles. The number of hydrogen-bond donors (Lipinski definition) is 1. The van der Waals surface area contributed by atoms with Crippen molar-refractivity contribution >= 4 is 75.8 Å². The van der Waals surface area contributed by atoms with E-state index in [2.05, 4.69) is 5.32 Å². The van der Waals surface area contributed by atoms with E-state index in [-0.39, 0.29) is 31.2 Å². The molecule has 12 heteroatoms. The van der Waals surface area contributed by atoms with Gasteiger partial charge in [0.2, 0.25) is 0 Å². The number of halogens is 4. The first kappa shape index (κ1) is 26.1. The van der Waals surface area contributed by atoms with Gasteiger partial charge in [-0.1, -0.05) is 60.3 Å². The van der Waals surface area contributed by atoms with Crippen LogP contribution in [0.3, 0.4) is 0 Å². The Morgan fingerprint density at radius 1 is 0.912 bits per heavy atom. The van der Waals surface area contributed by atoms with Crippen molar-refractivity contribution in [3.8, 4) is 5.75 Å². The normalized spacial score (nSPS) is 13.7. The molecule has 0 spiro atoms. The Kier molecular flexibility index (Phi) is 7.98. The number of hydrogen-bond acceptors (Lipinski definition) is 6. The van der Waals surface area contributed by atoms with Gasteiger partial charge in [0.1, 0.15) is 11.8 Å². The second kappa shape index (κ2) is 10.4. The van der Waals surface area contributed by atoms with Crippen molar-refractivity contribution in [2.75, 3.05) is 19.0 Å². The van der Waals surface area contributed by atoms with Crippen LogP contribution in [-0.4, -0.2) is 48.3 Å². The number of nitrogens with zero attached hydrogens (tertiary/aromatic N) is 1. The number of methoxy groups -OCH3 is 1. The third-order valence-electron chi connectivity index (χ3n) is 5.00. The summed E-state index contributed by atoms with van der Waals surface area (Å²) < 4.78 is 10.2. The number of amides is 3. The summed E-state index contributed by atoms with van der Waals surface area (Å²) in [6, 6.07) is 5.16. The van der Waals surface area contributed by atoms with E-state index in [1.807, 2.05) is 0 Å². The highest BCUT2D eigenvalue weighted by Crippen LogP contribution is 2.45. The molecule has 0 bridgehead atoms. The molecule has 1 heterocycles. The van der Waals surface area contributed by atoms with Crippen LogP contribution in [0.15, 0.2) is 24.3 Å². The maximum Gasteiger partial charge on any atom is 0.330 e. The minimum Gasteiger partial charge on any atom is -0.497 e. The van der Waals surface area contributed by atoms with Gasteiger partial charge < -0.3 is 14.8 Å². The number of rotatable bonds is 7. The molecule has 0 fully saturated rings. The molecular weight excluding hydrogens is 530 g/mol. The highest BCUT2D eigenvalue weighted by atomic mass is 35.5. The molecule has 0 saturated carbocycles. The molecule has 1 aliphatic rings. The maximum absolute atomic E-state index is 13.1. The van der Waals surface area contributed by atoms with Crippen LogP contribution in [0.4, 0.5) is 5.69 Å². The molecule has 180 valence electrons. The first-order valence-electron chi connectivity index (χ1n) is 9.83. The Morgan fingerprint density at radius 2 is 1.41 bits per heavy atom. The van der Waals surface area contributed by atoms with Crippen molar-refractivity contribution in [2.24, 2.45) is 5.92 Å². The van der Waals surface area contributed by atoms with Crippen molar-refractivity contribution in [3.05, 3.63) is 55.5 Å². The van der Waals surface area contributed by atoms with E-state index < -0.39 is 42.3 Å². The van der Waals surface area contributed by atoms with Crippen LogP contribution in [0.2, 0.25) is 20.1 Å². The van der Waals surface area contributed by atoms with Gasteiger partial charge in [0.05, 0.1) is 38.3 Å². The number of nitrogens with one attached hydrogen (secondary N) is 1. The second-order valence-corrected chi connectivity index (χ2v) is 9.07. The average Bonchev–Trinajstić information content (AvgIpc) is 3.05. The lowest BCUT2D eigenvalue weighted by Gasteiger charge is -2.27. The number of ether oxygens (including phenoxy) is 2. The smallest absolute Gasteiger partial charge is 0.330 e. The summed E-state index contributed by atoms with van der Waals surface area (Å²) in [4.78, 5) is 52.0. The number of esters is 1. The monoisotopic (exact) mass is 546 g/mol. The van der Waals surface area contributed by atoms with Crippen LogP contribution in [-0.2, 0) is 14.3 Å². The summed E-state index contributed by atoms with van der Waals surface area (Å²) in [6.45, 7) is 2.57. The van der Waals surface area contributed by atoms with Crippen LogP contribution >= 0.6 is 46.4 Å². The average molecular weight is 548 g/mol. The highest BCUT2D eigenvalue weighted by Gasteiger charge is 2.48. The zero-order valence-electron chi connectivity index (χ0n) is 18.1. The van der Waals surface area contributed by atoms with E-state index in [1.165, 1.54) is 7.11 Å². The Hall–Kier alpha value is -2.52. The first-order valence-corrected chi connectivity index (χ1v) is 11.3. The van der Waals surface area contributed by atoms with E-state index in [1.54, 1.807) is 38.1 Å². The van der Waals surface area contributed by atoms with Crippen LogP contribution in [0.5, 0.6) is 5.75 Å². The largest absolute Gasteiger partial charge is 0.497 e. The van der Waals surface area contributed by atoms with E-state index in [0.717, 1.165) is 0 Å². The molecule has 0 aliphatic carbocycles. The summed E-state index contributed by atoms with van der Waals surface area (Å²) in [6.07, 6.45) is 0. The van der Waals surface area contributed by atoms with E-state index in [9.17, 15) is 19.2 Å². The van der Waals surface area contributed by atoms with Crippen molar-refractivity contribution in [1.29, 1.82) is 0 Å². The van der Waals surface area contributed by atoms with Crippen molar-refractivity contribution < 1.29 is 28.7 Å². The molecule has 0 radical (unpaired) electrons. The molecule has 2 aromatic carbocycles. The molecule has 34 heavy (non-hydrogen) atoms. The number of benzene rings is 2. The quantitative estimate of drug-likeness (QED) is 0.223. The number of carbonyl (C=O) groups excluding carboxylic acids is 4. The van der Waals surface area contributed by atoms with Crippen LogP contribution in [0, 0.1) is 5.92 Å². The van der Waals surface area contributed by atoms with E-state index in [4.69, 9.17) is 55.9 Å². The van der Waals surface area contributed by atoms with Gasteiger partial charge in [-0.05, 0) is 30.2 Å². The molecule has 1 aliphatic heterocycles. The molecule has 2 aromatic rings. The van der Waals surface area contributed by atoms with Gasteiger partial charge in [-0.3, -0.25) is 19.3 Å². The lowest BCUT2D eigenvalue weighted by Crippen LogP contribution is -2.49. The van der Waals surface area contributed by atoms with Crippen LogP contribution in [0.25, 0.3) is 0 Å². The van der Waals surface area contributed by atoms with Crippen molar-refractivity contribution in [1.82, 2.24) is 4.90 Å². The van der Waals surface area contributed by atoms with Crippen molar-refractivity contribution in [3.63, 3.8) is 0 Å². The maximum atomic E-state index is 13.1. The van der Waals surface area contributed by atoms with Gasteiger partial charge >= 0.3 is 5.97 Å². The minimum atomic E-state index is -1.36. The van der Waals surface area contributed by atoms with Crippen LogP contribution < -0.4 is 10.1 Å². The fourth-order valence-corrected chi connectivity index (χ4v) is 4.40. The van der Waals surface area contributed by atoms with Gasteiger partial charge in [-0.25, -0.2) is 4.79 Å². The van der Waals surface area contributed by atoms with Gasteiger partial charge in [-0.2, -0.15) is 0 Å². The Bertz CT molecular complexity index is 1140. The Balaban J connectivity index is 1.78. The molecule has 0 saturated heterocycles. The first-order chi connectivity index (χ1) is 16.0. The SMILES string of the molecule is COc1ccc(NC(=O)COC(=O)[C@@H](C(C)C)N2C(=O)c3c(Cl)c(Cl)c(Cl)c(Cl)c3C2=O)cc1. The lowest BCUT2D eigenvalue weighted by atomic mass is 10.0.